The van der Waals surface area contributed by atoms with Gasteiger partial charge in [0, 0.05) is 31.1 Å². The Labute approximate surface area is 218 Å². The molecule has 7 heteroatoms. The number of quaternary nitrogens is 1. The lowest BCUT2D eigenvalue weighted by Crippen LogP contribution is -2.63. The normalized spacial score (nSPS) is 26.4. The number of ether oxygens (including phenoxy) is 1. The smallest absolute Gasteiger partial charge is 0.231 e. The lowest BCUT2D eigenvalue weighted by atomic mass is 9.69. The fraction of sp³-hybridized carbons (Fsp3) is 0.467. The molecule has 0 radical (unpaired) electrons. The van der Waals surface area contributed by atoms with Crippen molar-refractivity contribution in [1.82, 2.24) is 4.98 Å². The van der Waals surface area contributed by atoms with E-state index in [4.69, 9.17) is 19.1 Å². The molecule has 1 aromatic heterocycles. The largest absolute Gasteiger partial charge is 0.554 e. The Morgan fingerprint density at radius 2 is 1.70 bits per heavy atom. The molecule has 7 rings (SSSR count). The standard InChI is InChI=1S/C29H35N2O3.CH2O2/c32-29(25-12-7-13-25,24-10-5-2-6-11-24)28-30-18-26(34-28)19-31-16-14-23(15-17-31)27(20-31)33-21-22-8-3-1-4-9-22;2-1-3/h1-6,8-11,18,23,25,27,32H,7,12-17,19-21H2;1H,(H,2,3)/q+1;/p-1/t23?,27-,29?,31?;/m0./s1. The van der Waals surface area contributed by atoms with E-state index in [1.54, 1.807) is 0 Å². The van der Waals surface area contributed by atoms with Crippen LogP contribution in [0, 0.1) is 11.8 Å². The highest BCUT2D eigenvalue weighted by Gasteiger charge is 2.49. The van der Waals surface area contributed by atoms with Crippen LogP contribution in [-0.2, 0) is 28.3 Å². The van der Waals surface area contributed by atoms with Crippen molar-refractivity contribution in [2.24, 2.45) is 11.8 Å². The fourth-order valence-corrected chi connectivity index (χ4v) is 6.35. The van der Waals surface area contributed by atoms with E-state index in [9.17, 15) is 5.11 Å². The number of nitrogens with zero attached hydrogens (tertiary/aromatic N) is 2. The van der Waals surface area contributed by atoms with Gasteiger partial charge in [0.2, 0.25) is 5.89 Å². The first kappa shape index (κ1) is 25.6. The van der Waals surface area contributed by atoms with E-state index in [1.807, 2.05) is 42.6 Å². The van der Waals surface area contributed by atoms with Crippen LogP contribution in [0.25, 0.3) is 0 Å². The van der Waals surface area contributed by atoms with Crippen molar-refractivity contribution < 1.29 is 28.6 Å². The van der Waals surface area contributed by atoms with Crippen molar-refractivity contribution >= 4 is 6.47 Å². The topological polar surface area (TPSA) is 95.6 Å². The van der Waals surface area contributed by atoms with Crippen LogP contribution in [0.2, 0.25) is 0 Å². The molecule has 2 atom stereocenters. The number of benzene rings is 2. The Hall–Kier alpha value is -3.00. The summed E-state index contributed by atoms with van der Waals surface area (Å²) < 4.78 is 13.8. The summed E-state index contributed by atoms with van der Waals surface area (Å²) in [7, 11) is 0. The number of carbonyl (C=O) groups excluding carboxylic acids is 1. The number of carbonyl (C=O) groups is 1. The van der Waals surface area contributed by atoms with Crippen LogP contribution in [0.15, 0.2) is 71.3 Å². The van der Waals surface area contributed by atoms with Gasteiger partial charge in [-0.2, -0.15) is 0 Å². The van der Waals surface area contributed by atoms with Crippen molar-refractivity contribution in [1.29, 1.82) is 0 Å². The third kappa shape index (κ3) is 5.35. The van der Waals surface area contributed by atoms with E-state index < -0.39 is 12.1 Å². The number of aromatic nitrogens is 1. The van der Waals surface area contributed by atoms with Crippen LogP contribution in [0.4, 0.5) is 0 Å². The first-order valence-electron chi connectivity index (χ1n) is 13.4. The summed E-state index contributed by atoms with van der Waals surface area (Å²) in [5, 5.41) is 20.1. The lowest BCUT2D eigenvalue weighted by molar-refractivity contribution is -0.959. The molecule has 3 saturated heterocycles. The maximum Gasteiger partial charge on any atom is 0.231 e. The molecule has 1 saturated carbocycles. The summed E-state index contributed by atoms with van der Waals surface area (Å²) in [5.41, 5.74) is 0.975. The van der Waals surface area contributed by atoms with E-state index >= 15 is 0 Å². The van der Waals surface area contributed by atoms with Crippen molar-refractivity contribution in [2.75, 3.05) is 19.6 Å². The average Bonchev–Trinajstić information content (AvgIpc) is 3.37. The molecule has 7 nitrogen and oxygen atoms in total. The van der Waals surface area contributed by atoms with E-state index in [1.165, 1.54) is 18.4 Å². The number of hydrogen-bond acceptors (Lipinski definition) is 6. The van der Waals surface area contributed by atoms with E-state index in [-0.39, 0.29) is 5.92 Å². The third-order valence-electron chi connectivity index (χ3n) is 8.63. The molecule has 0 amide bonds. The van der Waals surface area contributed by atoms with Gasteiger partial charge >= 0.3 is 0 Å². The Morgan fingerprint density at radius 3 is 2.32 bits per heavy atom. The van der Waals surface area contributed by atoms with Crippen LogP contribution in [0.1, 0.15) is 54.9 Å². The molecule has 4 aliphatic rings. The summed E-state index contributed by atoms with van der Waals surface area (Å²) in [4.78, 5) is 12.9. The number of oxazole rings is 1. The second-order valence-electron chi connectivity index (χ2n) is 10.8. The van der Waals surface area contributed by atoms with Crippen molar-refractivity contribution in [2.45, 2.75) is 57.0 Å². The first-order chi connectivity index (χ1) is 18.1. The minimum atomic E-state index is -1.14. The number of aliphatic hydroxyl groups is 1. The van der Waals surface area contributed by atoms with Gasteiger partial charge < -0.3 is 28.6 Å². The molecule has 0 spiro atoms. The Bertz CT molecular complexity index is 1140. The molecule has 1 N–H and O–H groups in total. The van der Waals surface area contributed by atoms with E-state index in [0.29, 0.717) is 24.5 Å². The second-order valence-corrected chi connectivity index (χ2v) is 10.8. The number of rotatable bonds is 8. The van der Waals surface area contributed by atoms with Gasteiger partial charge in [-0.3, -0.25) is 0 Å². The van der Waals surface area contributed by atoms with Crippen molar-refractivity contribution in [3.05, 3.63) is 89.6 Å². The molecule has 196 valence electrons. The van der Waals surface area contributed by atoms with Gasteiger partial charge in [0.1, 0.15) is 19.2 Å². The molecule has 3 aromatic rings. The fourth-order valence-electron chi connectivity index (χ4n) is 6.35. The molecular weight excluding hydrogens is 468 g/mol. The summed E-state index contributed by atoms with van der Waals surface area (Å²) in [6.07, 6.45) is 7.72. The maximum absolute atomic E-state index is 11.9. The summed E-state index contributed by atoms with van der Waals surface area (Å²) in [5.74, 6) is 2.16. The highest BCUT2D eigenvalue weighted by molar-refractivity contribution is 5.30. The van der Waals surface area contributed by atoms with E-state index in [2.05, 4.69) is 29.2 Å². The molecular formula is C30H36N2O5. The van der Waals surface area contributed by atoms with Gasteiger partial charge in [0.05, 0.1) is 25.9 Å². The maximum atomic E-state index is 11.9. The Kier molecular flexibility index (Phi) is 7.74. The van der Waals surface area contributed by atoms with Crippen LogP contribution >= 0.6 is 0 Å². The summed E-state index contributed by atoms with van der Waals surface area (Å²) >= 11 is 0. The van der Waals surface area contributed by atoms with Gasteiger partial charge in [0.25, 0.3) is 0 Å². The Morgan fingerprint density at radius 1 is 1.05 bits per heavy atom. The van der Waals surface area contributed by atoms with Crippen molar-refractivity contribution in [3.8, 4) is 0 Å². The number of fused-ring (bicyclic) bond motifs is 3. The molecule has 2 aromatic carbocycles. The zero-order valence-corrected chi connectivity index (χ0v) is 21.2. The average molecular weight is 505 g/mol. The van der Waals surface area contributed by atoms with Gasteiger partial charge in [-0.15, -0.1) is 0 Å². The molecule has 2 bridgehead atoms. The molecule has 4 fully saturated rings. The molecule has 3 aliphatic heterocycles. The summed E-state index contributed by atoms with van der Waals surface area (Å²) in [6.45, 7) is 4.36. The summed E-state index contributed by atoms with van der Waals surface area (Å²) in [6, 6.07) is 20.4. The predicted molar refractivity (Wildman–Crippen MR) is 136 cm³/mol. The minimum absolute atomic E-state index is 0.162. The lowest BCUT2D eigenvalue weighted by Gasteiger charge is -2.52. The SMILES string of the molecule is O=C[O-].OC(c1ccccc1)(c1ncc(C[N+]23CCC(CC2)[C@@H](OCc2ccccc2)C3)o1)C1CCC1. The molecule has 37 heavy (non-hydrogen) atoms. The van der Waals surface area contributed by atoms with Crippen LogP contribution in [-0.4, -0.2) is 46.8 Å². The minimum Gasteiger partial charge on any atom is -0.554 e. The quantitative estimate of drug-likeness (QED) is 0.373. The Balaban J connectivity index is 0.000000892. The zero-order valence-electron chi connectivity index (χ0n) is 21.2. The zero-order chi connectivity index (χ0) is 25.7. The molecule has 1 aliphatic carbocycles. The second kappa shape index (κ2) is 11.2. The van der Waals surface area contributed by atoms with Crippen LogP contribution < -0.4 is 5.11 Å². The number of hydrogen-bond donors (Lipinski definition) is 1. The highest BCUT2D eigenvalue weighted by Crippen LogP contribution is 2.46. The monoisotopic (exact) mass is 504 g/mol. The molecule has 4 heterocycles. The number of piperidine rings is 3. The van der Waals surface area contributed by atoms with Crippen LogP contribution in [0.5, 0.6) is 0 Å². The highest BCUT2D eigenvalue weighted by atomic mass is 16.5. The predicted octanol–water partition coefficient (Wildman–Crippen LogP) is 3.40. The third-order valence-corrected chi connectivity index (χ3v) is 8.63. The molecule has 1 unspecified atom stereocenters. The van der Waals surface area contributed by atoms with Crippen molar-refractivity contribution in [3.63, 3.8) is 0 Å². The van der Waals surface area contributed by atoms with Gasteiger partial charge in [-0.05, 0) is 24.0 Å². The van der Waals surface area contributed by atoms with Gasteiger partial charge in [-0.1, -0.05) is 67.1 Å². The van der Waals surface area contributed by atoms with Gasteiger partial charge in [0.15, 0.2) is 11.4 Å². The number of carboxylic acid groups (broad SMARTS) is 1. The van der Waals surface area contributed by atoms with Gasteiger partial charge in [-0.25, -0.2) is 4.98 Å². The van der Waals surface area contributed by atoms with Crippen LogP contribution in [0.3, 0.4) is 0 Å². The first-order valence-corrected chi connectivity index (χ1v) is 13.4. The van der Waals surface area contributed by atoms with E-state index in [0.717, 1.165) is 61.2 Å².